The van der Waals surface area contributed by atoms with Gasteiger partial charge in [0.25, 0.3) is 0 Å². The van der Waals surface area contributed by atoms with Crippen LogP contribution in [-0.4, -0.2) is 48.2 Å². The van der Waals surface area contributed by atoms with E-state index >= 15 is 0 Å². The molecule has 19 heavy (non-hydrogen) atoms. The minimum atomic E-state index is -1.03. The van der Waals surface area contributed by atoms with Crippen LogP contribution in [0.5, 0.6) is 0 Å². The average molecular weight is 269 g/mol. The lowest BCUT2D eigenvalue weighted by Crippen LogP contribution is -2.45. The van der Waals surface area contributed by atoms with Crippen LogP contribution in [0.4, 0.5) is 0 Å². The van der Waals surface area contributed by atoms with E-state index < -0.39 is 12.6 Å². The SMILES string of the molecule is O=C(O)COCC(=O)N1CCC2(CCCCC2)CC1. The van der Waals surface area contributed by atoms with E-state index in [1.807, 2.05) is 4.90 Å². The number of nitrogens with zero attached hydrogens (tertiary/aromatic N) is 1. The number of carbonyl (C=O) groups excluding carboxylic acids is 1. The summed E-state index contributed by atoms with van der Waals surface area (Å²) < 4.78 is 4.86. The first-order valence-corrected chi connectivity index (χ1v) is 7.19. The fourth-order valence-corrected chi connectivity index (χ4v) is 3.35. The van der Waals surface area contributed by atoms with Crippen molar-refractivity contribution in [2.45, 2.75) is 44.9 Å². The highest BCUT2D eigenvalue weighted by molar-refractivity contribution is 5.78. The maximum atomic E-state index is 11.9. The molecule has 108 valence electrons. The Morgan fingerprint density at radius 2 is 1.63 bits per heavy atom. The number of hydrogen-bond donors (Lipinski definition) is 1. The van der Waals surface area contributed by atoms with Gasteiger partial charge in [-0.05, 0) is 31.1 Å². The van der Waals surface area contributed by atoms with Crippen molar-refractivity contribution in [3.63, 3.8) is 0 Å². The predicted octanol–water partition coefficient (Wildman–Crippen LogP) is 1.66. The van der Waals surface area contributed by atoms with Crippen molar-refractivity contribution in [1.29, 1.82) is 0 Å². The minimum absolute atomic E-state index is 0.0769. The summed E-state index contributed by atoms with van der Waals surface area (Å²) in [5.41, 5.74) is 0.483. The fourth-order valence-electron chi connectivity index (χ4n) is 3.35. The largest absolute Gasteiger partial charge is 0.480 e. The lowest BCUT2D eigenvalue weighted by molar-refractivity contribution is -0.146. The monoisotopic (exact) mass is 269 g/mol. The van der Waals surface area contributed by atoms with Gasteiger partial charge in [-0.2, -0.15) is 0 Å². The number of carbonyl (C=O) groups is 2. The molecule has 2 rings (SSSR count). The van der Waals surface area contributed by atoms with E-state index in [1.54, 1.807) is 0 Å². The van der Waals surface area contributed by atoms with Gasteiger partial charge in [0.15, 0.2) is 0 Å². The molecule has 5 heteroatoms. The Balaban J connectivity index is 1.73. The maximum Gasteiger partial charge on any atom is 0.329 e. The Morgan fingerprint density at radius 1 is 1.00 bits per heavy atom. The molecule has 2 aliphatic rings. The highest BCUT2D eigenvalue weighted by Crippen LogP contribution is 2.44. The summed E-state index contributed by atoms with van der Waals surface area (Å²) in [4.78, 5) is 24.0. The van der Waals surface area contributed by atoms with Gasteiger partial charge in [-0.25, -0.2) is 4.79 Å². The number of rotatable bonds is 4. The number of ether oxygens (including phenoxy) is 1. The lowest BCUT2D eigenvalue weighted by atomic mass is 9.68. The zero-order chi connectivity index (χ0) is 13.7. The summed E-state index contributed by atoms with van der Waals surface area (Å²) in [5, 5.41) is 8.45. The Kier molecular flexibility index (Phi) is 4.80. The summed E-state index contributed by atoms with van der Waals surface area (Å²) >= 11 is 0. The van der Waals surface area contributed by atoms with E-state index in [-0.39, 0.29) is 12.5 Å². The molecule has 1 heterocycles. The smallest absolute Gasteiger partial charge is 0.329 e. The molecule has 2 fully saturated rings. The van der Waals surface area contributed by atoms with Crippen molar-refractivity contribution in [3.05, 3.63) is 0 Å². The normalized spacial score (nSPS) is 22.4. The van der Waals surface area contributed by atoms with Gasteiger partial charge in [-0.1, -0.05) is 19.3 Å². The van der Waals surface area contributed by atoms with Crippen molar-refractivity contribution < 1.29 is 19.4 Å². The molecule has 1 aliphatic carbocycles. The van der Waals surface area contributed by atoms with Crippen molar-refractivity contribution in [2.75, 3.05) is 26.3 Å². The first-order chi connectivity index (χ1) is 9.11. The second-order valence-corrected chi connectivity index (χ2v) is 5.83. The molecular weight excluding hydrogens is 246 g/mol. The van der Waals surface area contributed by atoms with Crippen LogP contribution in [0.15, 0.2) is 0 Å². The standard InChI is InChI=1S/C14H23NO4/c16-12(10-19-11-13(17)18)15-8-6-14(7-9-15)4-2-1-3-5-14/h1-11H2,(H,17,18). The first kappa shape index (κ1) is 14.3. The molecule has 1 spiro atoms. The van der Waals surface area contributed by atoms with E-state index in [4.69, 9.17) is 9.84 Å². The molecule has 1 N–H and O–H groups in total. The predicted molar refractivity (Wildman–Crippen MR) is 69.8 cm³/mol. The van der Waals surface area contributed by atoms with Gasteiger partial charge in [-0.15, -0.1) is 0 Å². The highest BCUT2D eigenvalue weighted by Gasteiger charge is 2.36. The van der Waals surface area contributed by atoms with Crippen LogP contribution >= 0.6 is 0 Å². The third-order valence-electron chi connectivity index (χ3n) is 4.54. The Labute approximate surface area is 113 Å². The second-order valence-electron chi connectivity index (χ2n) is 5.83. The summed E-state index contributed by atoms with van der Waals surface area (Å²) in [6.07, 6.45) is 8.82. The number of likely N-dealkylation sites (tertiary alicyclic amines) is 1. The Morgan fingerprint density at radius 3 is 2.21 bits per heavy atom. The number of aliphatic carboxylic acids is 1. The minimum Gasteiger partial charge on any atom is -0.480 e. The molecule has 1 saturated carbocycles. The van der Waals surface area contributed by atoms with Crippen LogP contribution in [0.25, 0.3) is 0 Å². The average Bonchev–Trinajstić information content (AvgIpc) is 2.40. The van der Waals surface area contributed by atoms with Crippen LogP contribution in [-0.2, 0) is 14.3 Å². The summed E-state index contributed by atoms with van der Waals surface area (Å²) in [6.45, 7) is 1.09. The van der Waals surface area contributed by atoms with Crippen LogP contribution in [0.3, 0.4) is 0 Å². The van der Waals surface area contributed by atoms with E-state index in [0.717, 1.165) is 25.9 Å². The molecule has 1 saturated heterocycles. The van der Waals surface area contributed by atoms with Gasteiger partial charge < -0.3 is 14.7 Å². The third-order valence-corrected chi connectivity index (χ3v) is 4.54. The molecule has 5 nitrogen and oxygen atoms in total. The van der Waals surface area contributed by atoms with Gasteiger partial charge in [0, 0.05) is 13.1 Å². The molecule has 1 amide bonds. The van der Waals surface area contributed by atoms with Gasteiger partial charge in [0.2, 0.25) is 5.91 Å². The number of carboxylic acids is 1. The first-order valence-electron chi connectivity index (χ1n) is 7.19. The van der Waals surface area contributed by atoms with Gasteiger partial charge >= 0.3 is 5.97 Å². The van der Waals surface area contributed by atoms with E-state index in [1.165, 1.54) is 32.1 Å². The van der Waals surface area contributed by atoms with Crippen LogP contribution < -0.4 is 0 Å². The second kappa shape index (κ2) is 6.37. The Hall–Kier alpha value is -1.10. The van der Waals surface area contributed by atoms with Crippen LogP contribution in [0.1, 0.15) is 44.9 Å². The third kappa shape index (κ3) is 3.93. The number of amides is 1. The quantitative estimate of drug-likeness (QED) is 0.843. The molecule has 1 aliphatic heterocycles. The van der Waals surface area contributed by atoms with Crippen LogP contribution in [0.2, 0.25) is 0 Å². The fraction of sp³-hybridized carbons (Fsp3) is 0.857. The van der Waals surface area contributed by atoms with Crippen molar-refractivity contribution >= 4 is 11.9 Å². The highest BCUT2D eigenvalue weighted by atomic mass is 16.5. The van der Waals surface area contributed by atoms with Gasteiger partial charge in [0.05, 0.1) is 0 Å². The van der Waals surface area contributed by atoms with E-state index in [0.29, 0.717) is 5.41 Å². The summed E-state index contributed by atoms with van der Waals surface area (Å²) in [5.74, 6) is -1.11. The topological polar surface area (TPSA) is 66.8 Å². The maximum absolute atomic E-state index is 11.9. The zero-order valence-electron chi connectivity index (χ0n) is 11.4. The molecule has 0 aromatic rings. The van der Waals surface area contributed by atoms with Gasteiger partial charge in [-0.3, -0.25) is 4.79 Å². The van der Waals surface area contributed by atoms with E-state index in [2.05, 4.69) is 0 Å². The number of piperidine rings is 1. The zero-order valence-corrected chi connectivity index (χ0v) is 11.4. The van der Waals surface area contributed by atoms with E-state index in [9.17, 15) is 9.59 Å². The Bertz CT molecular complexity index is 326. The van der Waals surface area contributed by atoms with Crippen molar-refractivity contribution in [3.8, 4) is 0 Å². The van der Waals surface area contributed by atoms with Crippen LogP contribution in [0, 0.1) is 5.41 Å². The molecule has 0 unspecified atom stereocenters. The van der Waals surface area contributed by atoms with Gasteiger partial charge in [0.1, 0.15) is 13.2 Å². The molecule has 0 radical (unpaired) electrons. The molecule has 0 aromatic heterocycles. The number of carboxylic acid groups (broad SMARTS) is 1. The molecule has 0 atom stereocenters. The summed E-state index contributed by atoms with van der Waals surface area (Å²) in [7, 11) is 0. The molecular formula is C14H23NO4. The molecule has 0 aromatic carbocycles. The summed E-state index contributed by atoms with van der Waals surface area (Å²) in [6, 6.07) is 0. The number of hydrogen-bond acceptors (Lipinski definition) is 3. The van der Waals surface area contributed by atoms with Crippen molar-refractivity contribution in [2.24, 2.45) is 5.41 Å². The lowest BCUT2D eigenvalue weighted by Gasteiger charge is -2.44. The van der Waals surface area contributed by atoms with Crippen molar-refractivity contribution in [1.82, 2.24) is 4.90 Å². The molecule has 0 bridgehead atoms.